The number of imidazole rings is 1. The Kier molecular flexibility index (Phi) is 7.39. The van der Waals surface area contributed by atoms with Crippen LogP contribution in [0, 0.1) is 5.82 Å². The summed E-state index contributed by atoms with van der Waals surface area (Å²) in [5.41, 5.74) is 4.62. The highest BCUT2D eigenvalue weighted by atomic mass is 32.2. The SMILES string of the molecule is O=C(NCCN1CCCC1)c1ccc(Cn2c(SCc3ccc(F)cc3)nc3ccncc32)cc1. The lowest BCUT2D eigenvalue weighted by atomic mass is 10.1. The summed E-state index contributed by atoms with van der Waals surface area (Å²) in [6.45, 7) is 4.46. The van der Waals surface area contributed by atoms with Gasteiger partial charge in [0.25, 0.3) is 5.91 Å². The van der Waals surface area contributed by atoms with E-state index < -0.39 is 0 Å². The van der Waals surface area contributed by atoms with Gasteiger partial charge in [-0.05, 0) is 67.4 Å². The fourth-order valence-electron chi connectivity index (χ4n) is 4.32. The third-order valence-corrected chi connectivity index (χ3v) is 7.31. The van der Waals surface area contributed by atoms with E-state index in [-0.39, 0.29) is 11.7 Å². The molecule has 1 amide bonds. The smallest absolute Gasteiger partial charge is 0.251 e. The summed E-state index contributed by atoms with van der Waals surface area (Å²) in [7, 11) is 0. The van der Waals surface area contributed by atoms with E-state index in [1.165, 1.54) is 25.0 Å². The van der Waals surface area contributed by atoms with Gasteiger partial charge in [-0.15, -0.1) is 0 Å². The van der Waals surface area contributed by atoms with Gasteiger partial charge in [-0.3, -0.25) is 9.78 Å². The molecule has 8 heteroatoms. The van der Waals surface area contributed by atoms with Gasteiger partial charge >= 0.3 is 0 Å². The van der Waals surface area contributed by atoms with Crippen LogP contribution in [0.3, 0.4) is 0 Å². The van der Waals surface area contributed by atoms with Crippen molar-refractivity contribution in [2.45, 2.75) is 30.3 Å². The van der Waals surface area contributed by atoms with E-state index in [0.717, 1.165) is 47.0 Å². The molecule has 5 rings (SSSR count). The Morgan fingerprint density at radius 1 is 1.00 bits per heavy atom. The Hall–Kier alpha value is -3.23. The van der Waals surface area contributed by atoms with E-state index in [2.05, 4.69) is 19.8 Å². The van der Waals surface area contributed by atoms with Crippen LogP contribution in [0.1, 0.15) is 34.3 Å². The Bertz CT molecular complexity index is 1280. The molecule has 0 radical (unpaired) electrons. The van der Waals surface area contributed by atoms with Crippen molar-refractivity contribution in [3.05, 3.63) is 89.5 Å². The molecule has 2 aromatic heterocycles. The van der Waals surface area contributed by atoms with Crippen molar-refractivity contribution in [3.8, 4) is 0 Å². The predicted molar refractivity (Wildman–Crippen MR) is 137 cm³/mol. The van der Waals surface area contributed by atoms with E-state index in [4.69, 9.17) is 4.98 Å². The van der Waals surface area contributed by atoms with Gasteiger partial charge in [-0.25, -0.2) is 9.37 Å². The number of carbonyl (C=O) groups excluding carboxylic acids is 1. The van der Waals surface area contributed by atoms with Crippen LogP contribution in [0.2, 0.25) is 0 Å². The molecule has 3 heterocycles. The fourth-order valence-corrected chi connectivity index (χ4v) is 5.29. The number of nitrogens with one attached hydrogen (secondary N) is 1. The number of halogens is 1. The molecular formula is C27H28FN5OS. The van der Waals surface area contributed by atoms with Gasteiger partial charge in [0.15, 0.2) is 5.16 Å². The van der Waals surface area contributed by atoms with Gasteiger partial charge in [-0.2, -0.15) is 0 Å². The van der Waals surface area contributed by atoms with Gasteiger partial charge in [0.05, 0.1) is 23.8 Å². The number of nitrogens with zero attached hydrogens (tertiary/aromatic N) is 4. The monoisotopic (exact) mass is 489 g/mol. The highest BCUT2D eigenvalue weighted by Gasteiger charge is 2.14. The highest BCUT2D eigenvalue weighted by molar-refractivity contribution is 7.98. The van der Waals surface area contributed by atoms with Crippen LogP contribution in [-0.4, -0.2) is 51.5 Å². The van der Waals surface area contributed by atoms with E-state index >= 15 is 0 Å². The molecule has 0 bridgehead atoms. The van der Waals surface area contributed by atoms with Crippen LogP contribution in [0.5, 0.6) is 0 Å². The topological polar surface area (TPSA) is 63.1 Å². The Morgan fingerprint density at radius 2 is 1.74 bits per heavy atom. The zero-order valence-electron chi connectivity index (χ0n) is 19.5. The minimum atomic E-state index is -0.235. The molecule has 0 aliphatic carbocycles. The Morgan fingerprint density at radius 3 is 2.51 bits per heavy atom. The van der Waals surface area contributed by atoms with Crippen LogP contribution in [0.25, 0.3) is 11.0 Å². The van der Waals surface area contributed by atoms with Gasteiger partial charge < -0.3 is 14.8 Å². The Labute approximate surface area is 208 Å². The average Bonchev–Trinajstić information content (AvgIpc) is 3.52. The number of carbonyl (C=O) groups is 1. The molecule has 0 unspecified atom stereocenters. The molecular weight excluding hydrogens is 461 g/mol. The van der Waals surface area contributed by atoms with Crippen molar-refractivity contribution >= 4 is 28.7 Å². The second kappa shape index (κ2) is 11.0. The van der Waals surface area contributed by atoms with Gasteiger partial charge in [0.2, 0.25) is 0 Å². The van der Waals surface area contributed by atoms with E-state index in [1.54, 1.807) is 30.1 Å². The lowest BCUT2D eigenvalue weighted by molar-refractivity contribution is 0.0949. The van der Waals surface area contributed by atoms with Crippen LogP contribution >= 0.6 is 11.8 Å². The van der Waals surface area contributed by atoms with E-state index in [1.807, 2.05) is 36.5 Å². The first-order chi connectivity index (χ1) is 17.2. The normalized spacial score (nSPS) is 14.0. The maximum Gasteiger partial charge on any atom is 0.251 e. The molecule has 4 aromatic rings. The number of hydrogen-bond acceptors (Lipinski definition) is 5. The number of pyridine rings is 1. The molecule has 35 heavy (non-hydrogen) atoms. The van der Waals surface area contributed by atoms with Crippen LogP contribution < -0.4 is 5.32 Å². The van der Waals surface area contributed by atoms with E-state index in [0.29, 0.717) is 24.4 Å². The summed E-state index contributed by atoms with van der Waals surface area (Å²) >= 11 is 1.61. The minimum Gasteiger partial charge on any atom is -0.351 e. The van der Waals surface area contributed by atoms with Crippen LogP contribution in [-0.2, 0) is 12.3 Å². The standard InChI is InChI=1S/C27H28FN5OS/c28-23-9-5-21(6-10-23)19-35-27-31-24-11-12-29-17-25(24)33(27)18-20-3-7-22(8-4-20)26(34)30-13-16-32-14-1-2-15-32/h3-12,17H,1-2,13-16,18-19H2,(H,30,34). The number of amides is 1. The molecule has 1 aliphatic rings. The first-order valence-corrected chi connectivity index (χ1v) is 12.9. The van der Waals surface area contributed by atoms with Crippen molar-refractivity contribution < 1.29 is 9.18 Å². The first kappa shape index (κ1) is 23.5. The lowest BCUT2D eigenvalue weighted by Crippen LogP contribution is -2.33. The largest absolute Gasteiger partial charge is 0.351 e. The number of benzene rings is 2. The zero-order chi connectivity index (χ0) is 24.0. The molecule has 0 spiro atoms. The molecule has 1 aliphatic heterocycles. The molecule has 1 saturated heterocycles. The number of aromatic nitrogens is 3. The summed E-state index contributed by atoms with van der Waals surface area (Å²) < 4.78 is 15.4. The molecule has 6 nitrogen and oxygen atoms in total. The minimum absolute atomic E-state index is 0.0384. The number of likely N-dealkylation sites (tertiary alicyclic amines) is 1. The van der Waals surface area contributed by atoms with Crippen LogP contribution in [0.15, 0.2) is 72.1 Å². The van der Waals surface area contributed by atoms with Crippen molar-refractivity contribution in [2.75, 3.05) is 26.2 Å². The molecule has 0 atom stereocenters. The lowest BCUT2D eigenvalue weighted by Gasteiger charge is -2.14. The first-order valence-electron chi connectivity index (χ1n) is 11.9. The average molecular weight is 490 g/mol. The number of rotatable bonds is 9. The molecule has 180 valence electrons. The van der Waals surface area contributed by atoms with Crippen LogP contribution in [0.4, 0.5) is 4.39 Å². The van der Waals surface area contributed by atoms with Crippen molar-refractivity contribution in [1.82, 2.24) is 24.8 Å². The number of fused-ring (bicyclic) bond motifs is 1. The molecule has 1 fully saturated rings. The van der Waals surface area contributed by atoms with Crippen molar-refractivity contribution in [1.29, 1.82) is 0 Å². The summed E-state index contributed by atoms with van der Waals surface area (Å²) in [6, 6.07) is 16.2. The quantitative estimate of drug-likeness (QED) is 0.344. The summed E-state index contributed by atoms with van der Waals surface area (Å²) in [5, 5.41) is 3.91. The summed E-state index contributed by atoms with van der Waals surface area (Å²) in [6.07, 6.45) is 6.08. The Balaban J connectivity index is 1.26. The molecule has 0 saturated carbocycles. The fraction of sp³-hybridized carbons (Fsp3) is 0.296. The van der Waals surface area contributed by atoms with E-state index in [9.17, 15) is 9.18 Å². The van der Waals surface area contributed by atoms with Crippen molar-refractivity contribution in [2.24, 2.45) is 0 Å². The second-order valence-corrected chi connectivity index (χ2v) is 9.70. The maximum atomic E-state index is 13.2. The summed E-state index contributed by atoms with van der Waals surface area (Å²) in [4.78, 5) is 24.0. The third kappa shape index (κ3) is 5.89. The second-order valence-electron chi connectivity index (χ2n) is 8.76. The number of thioether (sulfide) groups is 1. The van der Waals surface area contributed by atoms with Gasteiger partial charge in [0.1, 0.15) is 5.82 Å². The summed E-state index contributed by atoms with van der Waals surface area (Å²) in [5.74, 6) is 0.414. The van der Waals surface area contributed by atoms with Gasteiger partial charge in [0, 0.05) is 30.6 Å². The third-order valence-electron chi connectivity index (χ3n) is 6.27. The zero-order valence-corrected chi connectivity index (χ0v) is 20.3. The maximum absolute atomic E-state index is 13.2. The molecule has 2 aromatic carbocycles. The molecule has 1 N–H and O–H groups in total. The number of hydrogen-bond donors (Lipinski definition) is 1. The predicted octanol–water partition coefficient (Wildman–Crippen LogP) is 4.74. The van der Waals surface area contributed by atoms with Gasteiger partial charge in [-0.1, -0.05) is 36.0 Å². The van der Waals surface area contributed by atoms with Crippen molar-refractivity contribution in [3.63, 3.8) is 0 Å². The highest BCUT2D eigenvalue weighted by Crippen LogP contribution is 2.27.